The second kappa shape index (κ2) is 5.78. The summed E-state index contributed by atoms with van der Waals surface area (Å²) in [7, 11) is 0. The summed E-state index contributed by atoms with van der Waals surface area (Å²) in [5.41, 5.74) is 3.38. The van der Waals surface area contributed by atoms with Gasteiger partial charge in [0.2, 0.25) is 0 Å². The fraction of sp³-hybridized carbons (Fsp3) is 0.235. The molecule has 3 nitrogen and oxygen atoms in total. The number of nitrogens with zero attached hydrogens (tertiary/aromatic N) is 1. The first kappa shape index (κ1) is 14.0. The van der Waals surface area contributed by atoms with Crippen LogP contribution in [0.5, 0.6) is 0 Å². The summed E-state index contributed by atoms with van der Waals surface area (Å²) >= 11 is 6.06. The second-order valence-corrected chi connectivity index (χ2v) is 5.69. The van der Waals surface area contributed by atoms with Gasteiger partial charge >= 0.3 is 5.97 Å². The molecule has 1 aliphatic rings. The molecular weight excluding hydrogens is 286 g/mol. The van der Waals surface area contributed by atoms with Crippen molar-refractivity contribution in [3.8, 4) is 0 Å². The quantitative estimate of drug-likeness (QED) is 0.930. The fourth-order valence-electron chi connectivity index (χ4n) is 3.04. The molecule has 1 N–H and O–H groups in total. The van der Waals surface area contributed by atoms with Gasteiger partial charge in [0.25, 0.3) is 0 Å². The van der Waals surface area contributed by atoms with Gasteiger partial charge in [-0.2, -0.15) is 0 Å². The van der Waals surface area contributed by atoms with Gasteiger partial charge in [0.1, 0.15) is 6.54 Å². The highest BCUT2D eigenvalue weighted by Crippen LogP contribution is 2.38. The Morgan fingerprint density at radius 2 is 2.05 bits per heavy atom. The van der Waals surface area contributed by atoms with Gasteiger partial charge in [-0.3, -0.25) is 4.79 Å². The average molecular weight is 302 g/mol. The molecule has 0 amide bonds. The predicted octanol–water partition coefficient (Wildman–Crippen LogP) is 3.92. The van der Waals surface area contributed by atoms with Crippen LogP contribution in [0.15, 0.2) is 48.5 Å². The van der Waals surface area contributed by atoms with Crippen molar-refractivity contribution in [3.63, 3.8) is 0 Å². The number of carboxylic acid groups (broad SMARTS) is 1. The van der Waals surface area contributed by atoms with E-state index in [-0.39, 0.29) is 12.6 Å². The maximum atomic E-state index is 11.3. The third-order valence-corrected chi connectivity index (χ3v) is 4.16. The van der Waals surface area contributed by atoms with E-state index in [9.17, 15) is 9.90 Å². The van der Waals surface area contributed by atoms with Gasteiger partial charge in [0.05, 0.1) is 6.04 Å². The van der Waals surface area contributed by atoms with E-state index in [1.165, 1.54) is 11.1 Å². The van der Waals surface area contributed by atoms with Crippen LogP contribution in [0, 0.1) is 0 Å². The minimum atomic E-state index is -0.834. The number of anilines is 1. The van der Waals surface area contributed by atoms with Crippen molar-refractivity contribution in [3.05, 3.63) is 64.7 Å². The summed E-state index contributed by atoms with van der Waals surface area (Å²) in [5, 5.41) is 9.87. The molecule has 0 spiro atoms. The maximum Gasteiger partial charge on any atom is 0.323 e. The molecule has 0 fully saturated rings. The summed E-state index contributed by atoms with van der Waals surface area (Å²) in [4.78, 5) is 13.2. The van der Waals surface area contributed by atoms with Crippen LogP contribution in [0.1, 0.15) is 23.6 Å². The zero-order valence-corrected chi connectivity index (χ0v) is 12.3. The first-order chi connectivity index (χ1) is 10.1. The number of hydrogen-bond donors (Lipinski definition) is 1. The first-order valence-electron chi connectivity index (χ1n) is 6.97. The normalized spacial score (nSPS) is 16.5. The molecule has 2 aromatic rings. The van der Waals surface area contributed by atoms with E-state index in [1.807, 2.05) is 35.2 Å². The molecule has 1 unspecified atom stereocenters. The number of aryl methyl sites for hydroxylation is 1. The van der Waals surface area contributed by atoms with Gasteiger partial charge in [0.15, 0.2) is 0 Å². The summed E-state index contributed by atoms with van der Waals surface area (Å²) in [6, 6.07) is 15.7. The zero-order chi connectivity index (χ0) is 14.8. The van der Waals surface area contributed by atoms with Gasteiger partial charge in [-0.1, -0.05) is 41.9 Å². The molecule has 1 atom stereocenters. The van der Waals surface area contributed by atoms with Crippen LogP contribution >= 0.6 is 11.6 Å². The Balaban J connectivity index is 1.99. The fourth-order valence-corrected chi connectivity index (χ4v) is 3.22. The van der Waals surface area contributed by atoms with Crippen molar-refractivity contribution in [2.24, 2.45) is 0 Å². The van der Waals surface area contributed by atoms with Crippen molar-refractivity contribution in [2.45, 2.75) is 18.9 Å². The summed E-state index contributed by atoms with van der Waals surface area (Å²) in [6.07, 6.45) is 1.91. The average Bonchev–Trinajstić information content (AvgIpc) is 2.88. The van der Waals surface area contributed by atoms with Crippen LogP contribution in [0.4, 0.5) is 5.69 Å². The molecule has 0 aliphatic heterocycles. The maximum absolute atomic E-state index is 11.3. The van der Waals surface area contributed by atoms with Crippen molar-refractivity contribution in [1.29, 1.82) is 0 Å². The molecule has 0 aromatic heterocycles. The molecule has 4 heteroatoms. The van der Waals surface area contributed by atoms with Crippen LogP contribution in [0.25, 0.3) is 0 Å². The van der Waals surface area contributed by atoms with E-state index >= 15 is 0 Å². The third kappa shape index (κ3) is 2.88. The number of carboxylic acids is 1. The van der Waals surface area contributed by atoms with E-state index < -0.39 is 5.97 Å². The molecule has 21 heavy (non-hydrogen) atoms. The Labute approximate surface area is 128 Å². The molecule has 0 bridgehead atoms. The Morgan fingerprint density at radius 3 is 2.81 bits per heavy atom. The lowest BCUT2D eigenvalue weighted by Crippen LogP contribution is -2.32. The minimum Gasteiger partial charge on any atom is -0.480 e. The van der Waals surface area contributed by atoms with E-state index in [0.717, 1.165) is 18.5 Å². The Hall–Kier alpha value is -2.00. The number of hydrogen-bond acceptors (Lipinski definition) is 2. The van der Waals surface area contributed by atoms with E-state index in [2.05, 4.69) is 12.1 Å². The summed E-state index contributed by atoms with van der Waals surface area (Å²) < 4.78 is 0. The highest BCUT2D eigenvalue weighted by Gasteiger charge is 2.29. The number of fused-ring (bicyclic) bond motifs is 1. The van der Waals surface area contributed by atoms with E-state index in [1.54, 1.807) is 6.07 Å². The van der Waals surface area contributed by atoms with Crippen molar-refractivity contribution in [2.75, 3.05) is 11.4 Å². The molecular formula is C17H16ClNO2. The van der Waals surface area contributed by atoms with E-state index in [0.29, 0.717) is 5.02 Å². The number of benzene rings is 2. The Morgan fingerprint density at radius 1 is 1.24 bits per heavy atom. The van der Waals surface area contributed by atoms with Gasteiger partial charge < -0.3 is 10.0 Å². The van der Waals surface area contributed by atoms with Crippen LogP contribution in [0.3, 0.4) is 0 Å². The monoisotopic (exact) mass is 301 g/mol. The molecule has 2 aromatic carbocycles. The summed E-state index contributed by atoms with van der Waals surface area (Å²) in [5.74, 6) is -0.834. The smallest absolute Gasteiger partial charge is 0.323 e. The lowest BCUT2D eigenvalue weighted by Gasteiger charge is -2.30. The van der Waals surface area contributed by atoms with Gasteiger partial charge in [-0.25, -0.2) is 0 Å². The topological polar surface area (TPSA) is 40.5 Å². The van der Waals surface area contributed by atoms with Crippen molar-refractivity contribution < 1.29 is 9.90 Å². The number of carbonyl (C=O) groups is 1. The van der Waals surface area contributed by atoms with Crippen LogP contribution in [0.2, 0.25) is 5.02 Å². The lowest BCUT2D eigenvalue weighted by atomic mass is 10.1. The van der Waals surface area contributed by atoms with Crippen LogP contribution < -0.4 is 4.90 Å². The molecule has 0 radical (unpaired) electrons. The minimum absolute atomic E-state index is 0.0284. The van der Waals surface area contributed by atoms with Gasteiger partial charge in [-0.15, -0.1) is 0 Å². The SMILES string of the molecule is O=C(O)CN(c1cccc(Cl)c1)C1CCc2ccccc21. The number of halogens is 1. The molecule has 108 valence electrons. The third-order valence-electron chi connectivity index (χ3n) is 3.92. The molecule has 3 rings (SSSR count). The largest absolute Gasteiger partial charge is 0.480 e. The van der Waals surface area contributed by atoms with E-state index in [4.69, 9.17) is 11.6 Å². The second-order valence-electron chi connectivity index (χ2n) is 5.25. The van der Waals surface area contributed by atoms with Crippen LogP contribution in [-0.4, -0.2) is 17.6 Å². The lowest BCUT2D eigenvalue weighted by molar-refractivity contribution is -0.135. The highest BCUT2D eigenvalue weighted by atomic mass is 35.5. The Kier molecular flexibility index (Phi) is 3.84. The van der Waals surface area contributed by atoms with Crippen molar-refractivity contribution >= 4 is 23.3 Å². The molecule has 0 saturated heterocycles. The molecule has 0 saturated carbocycles. The Bertz CT molecular complexity index is 671. The van der Waals surface area contributed by atoms with Crippen LogP contribution in [-0.2, 0) is 11.2 Å². The first-order valence-corrected chi connectivity index (χ1v) is 7.35. The van der Waals surface area contributed by atoms with Gasteiger partial charge in [0, 0.05) is 10.7 Å². The van der Waals surface area contributed by atoms with Gasteiger partial charge in [-0.05, 0) is 42.2 Å². The standard InChI is InChI=1S/C17H16ClNO2/c18-13-5-3-6-14(10-13)19(11-17(20)21)16-9-8-12-4-1-2-7-15(12)16/h1-7,10,16H,8-9,11H2,(H,20,21). The highest BCUT2D eigenvalue weighted by molar-refractivity contribution is 6.30. The predicted molar refractivity (Wildman–Crippen MR) is 83.9 cm³/mol. The molecule has 1 aliphatic carbocycles. The molecule has 0 heterocycles. The van der Waals surface area contributed by atoms with Crippen molar-refractivity contribution in [1.82, 2.24) is 0 Å². The number of rotatable bonds is 4. The zero-order valence-electron chi connectivity index (χ0n) is 11.5. The summed E-state index contributed by atoms with van der Waals surface area (Å²) in [6.45, 7) is -0.0284. The number of aliphatic carboxylic acids is 1.